The second kappa shape index (κ2) is 4.84. The topological polar surface area (TPSA) is 6.48 Å². The Morgan fingerprint density at radius 2 is 1.73 bits per heavy atom. The van der Waals surface area contributed by atoms with Crippen LogP contribution in [0.15, 0.2) is 0 Å². The molecule has 0 saturated carbocycles. The largest absolute Gasteiger partial charge is 0.300 e. The van der Waals surface area contributed by atoms with Gasteiger partial charge in [-0.15, -0.1) is 0 Å². The van der Waals surface area contributed by atoms with Crippen LogP contribution in [0.5, 0.6) is 0 Å². The molecule has 0 aromatic heterocycles. The first kappa shape index (κ1) is 11.4. The summed E-state index contributed by atoms with van der Waals surface area (Å²) >= 11 is 0. The summed E-state index contributed by atoms with van der Waals surface area (Å²) in [5.41, 5.74) is 0. The SMILES string of the molecule is CCCCN1CC2CCC(C1)N2C(C)C. The van der Waals surface area contributed by atoms with Gasteiger partial charge in [-0.25, -0.2) is 0 Å². The first-order valence-electron chi connectivity index (χ1n) is 6.72. The Bertz CT molecular complexity index is 189. The van der Waals surface area contributed by atoms with Crippen molar-refractivity contribution < 1.29 is 0 Å². The van der Waals surface area contributed by atoms with Gasteiger partial charge in [-0.2, -0.15) is 0 Å². The van der Waals surface area contributed by atoms with Crippen LogP contribution >= 0.6 is 0 Å². The van der Waals surface area contributed by atoms with Crippen LogP contribution in [0, 0.1) is 0 Å². The third kappa shape index (κ3) is 2.36. The molecule has 2 bridgehead atoms. The van der Waals surface area contributed by atoms with Gasteiger partial charge < -0.3 is 4.90 Å². The Morgan fingerprint density at radius 1 is 1.13 bits per heavy atom. The molecule has 2 aliphatic heterocycles. The molecule has 2 nitrogen and oxygen atoms in total. The number of hydrogen-bond donors (Lipinski definition) is 0. The zero-order valence-electron chi connectivity index (χ0n) is 10.6. The Labute approximate surface area is 94.6 Å². The van der Waals surface area contributed by atoms with Gasteiger partial charge in [-0.05, 0) is 39.7 Å². The highest BCUT2D eigenvalue weighted by atomic mass is 15.3. The van der Waals surface area contributed by atoms with Crippen LogP contribution in [0.2, 0.25) is 0 Å². The number of likely N-dealkylation sites (tertiary alicyclic amines) is 1. The van der Waals surface area contributed by atoms with Crippen LogP contribution in [0.1, 0.15) is 46.5 Å². The van der Waals surface area contributed by atoms with Crippen molar-refractivity contribution in [3.8, 4) is 0 Å². The van der Waals surface area contributed by atoms with Gasteiger partial charge in [0.2, 0.25) is 0 Å². The van der Waals surface area contributed by atoms with Crippen LogP contribution in [-0.4, -0.2) is 47.6 Å². The fourth-order valence-electron chi connectivity index (χ4n) is 3.43. The summed E-state index contributed by atoms with van der Waals surface area (Å²) in [6.45, 7) is 11.0. The predicted octanol–water partition coefficient (Wildman–Crippen LogP) is 2.34. The first-order valence-corrected chi connectivity index (χ1v) is 6.72. The second-order valence-corrected chi connectivity index (χ2v) is 5.54. The number of hydrogen-bond acceptors (Lipinski definition) is 2. The van der Waals surface area contributed by atoms with Gasteiger partial charge in [-0.1, -0.05) is 13.3 Å². The predicted molar refractivity (Wildman–Crippen MR) is 65.1 cm³/mol. The fraction of sp³-hybridized carbons (Fsp3) is 1.00. The Balaban J connectivity index is 1.90. The van der Waals surface area contributed by atoms with Gasteiger partial charge in [0.1, 0.15) is 0 Å². The number of nitrogens with zero attached hydrogens (tertiary/aromatic N) is 2. The van der Waals surface area contributed by atoms with Crippen molar-refractivity contribution in [3.05, 3.63) is 0 Å². The van der Waals surface area contributed by atoms with E-state index in [4.69, 9.17) is 0 Å². The highest BCUT2D eigenvalue weighted by Gasteiger charge is 2.40. The van der Waals surface area contributed by atoms with E-state index in [2.05, 4.69) is 30.6 Å². The average molecular weight is 210 g/mol. The summed E-state index contributed by atoms with van der Waals surface area (Å²) in [5, 5.41) is 0. The summed E-state index contributed by atoms with van der Waals surface area (Å²) in [5.74, 6) is 0. The van der Waals surface area contributed by atoms with Gasteiger partial charge in [0.25, 0.3) is 0 Å². The second-order valence-electron chi connectivity index (χ2n) is 5.54. The van der Waals surface area contributed by atoms with Gasteiger partial charge in [0, 0.05) is 31.2 Å². The number of fused-ring (bicyclic) bond motifs is 2. The van der Waals surface area contributed by atoms with E-state index in [1.807, 2.05) is 0 Å². The van der Waals surface area contributed by atoms with Crippen LogP contribution in [0.4, 0.5) is 0 Å². The standard InChI is InChI=1S/C13H26N2/c1-4-5-8-14-9-12-6-7-13(10-14)15(12)11(2)3/h11-13H,4-10H2,1-3H3. The molecule has 2 unspecified atom stereocenters. The monoisotopic (exact) mass is 210 g/mol. The third-order valence-corrected chi connectivity index (χ3v) is 4.04. The van der Waals surface area contributed by atoms with Crippen molar-refractivity contribution in [1.82, 2.24) is 9.80 Å². The van der Waals surface area contributed by atoms with Crippen molar-refractivity contribution in [2.24, 2.45) is 0 Å². The van der Waals surface area contributed by atoms with Gasteiger partial charge in [0.05, 0.1) is 0 Å². The maximum atomic E-state index is 2.77. The van der Waals surface area contributed by atoms with E-state index in [0.29, 0.717) is 0 Å². The number of unbranched alkanes of at least 4 members (excludes halogenated alkanes) is 1. The van der Waals surface area contributed by atoms with Gasteiger partial charge in [0.15, 0.2) is 0 Å². The van der Waals surface area contributed by atoms with Crippen molar-refractivity contribution >= 4 is 0 Å². The Hall–Kier alpha value is -0.0800. The van der Waals surface area contributed by atoms with Crippen LogP contribution in [0.25, 0.3) is 0 Å². The lowest BCUT2D eigenvalue weighted by molar-refractivity contribution is 0.0433. The van der Waals surface area contributed by atoms with E-state index in [-0.39, 0.29) is 0 Å². The van der Waals surface area contributed by atoms with E-state index in [1.165, 1.54) is 45.3 Å². The first-order chi connectivity index (χ1) is 7.22. The molecule has 2 heterocycles. The van der Waals surface area contributed by atoms with Gasteiger partial charge in [-0.3, -0.25) is 4.90 Å². The minimum Gasteiger partial charge on any atom is -0.300 e. The lowest BCUT2D eigenvalue weighted by Crippen LogP contribution is -2.55. The fourth-order valence-corrected chi connectivity index (χ4v) is 3.43. The maximum absolute atomic E-state index is 2.77. The molecule has 2 atom stereocenters. The molecule has 2 rings (SSSR count). The summed E-state index contributed by atoms with van der Waals surface area (Å²) in [4.78, 5) is 5.47. The van der Waals surface area contributed by atoms with Crippen molar-refractivity contribution in [1.29, 1.82) is 0 Å². The van der Waals surface area contributed by atoms with Crippen molar-refractivity contribution in [2.45, 2.75) is 64.6 Å². The van der Waals surface area contributed by atoms with E-state index in [9.17, 15) is 0 Å². The zero-order chi connectivity index (χ0) is 10.8. The molecule has 0 aromatic rings. The lowest BCUT2D eigenvalue weighted by Gasteiger charge is -2.43. The summed E-state index contributed by atoms with van der Waals surface area (Å²) < 4.78 is 0. The van der Waals surface area contributed by atoms with Crippen LogP contribution in [0.3, 0.4) is 0 Å². The molecule has 2 aliphatic rings. The molecule has 0 aliphatic carbocycles. The zero-order valence-corrected chi connectivity index (χ0v) is 10.6. The highest BCUT2D eigenvalue weighted by molar-refractivity contribution is 4.96. The molecule has 2 fully saturated rings. The highest BCUT2D eigenvalue weighted by Crippen LogP contribution is 2.31. The molecule has 88 valence electrons. The summed E-state index contributed by atoms with van der Waals surface area (Å²) in [6.07, 6.45) is 5.58. The molecule has 0 spiro atoms. The van der Waals surface area contributed by atoms with Crippen molar-refractivity contribution in [3.63, 3.8) is 0 Å². The molecule has 2 saturated heterocycles. The Kier molecular flexibility index (Phi) is 3.68. The van der Waals surface area contributed by atoms with Gasteiger partial charge >= 0.3 is 0 Å². The minimum atomic E-state index is 0.746. The van der Waals surface area contributed by atoms with E-state index >= 15 is 0 Å². The van der Waals surface area contributed by atoms with E-state index in [0.717, 1.165) is 18.1 Å². The smallest absolute Gasteiger partial charge is 0.0229 e. The number of piperazine rings is 1. The van der Waals surface area contributed by atoms with Crippen LogP contribution < -0.4 is 0 Å². The molecule has 0 N–H and O–H groups in total. The molecule has 0 amide bonds. The normalized spacial score (nSPS) is 32.8. The Morgan fingerprint density at radius 3 is 2.20 bits per heavy atom. The molecule has 2 heteroatoms. The maximum Gasteiger partial charge on any atom is 0.0229 e. The quantitative estimate of drug-likeness (QED) is 0.703. The third-order valence-electron chi connectivity index (χ3n) is 4.04. The molecule has 0 radical (unpaired) electrons. The van der Waals surface area contributed by atoms with E-state index < -0.39 is 0 Å². The molecular formula is C13H26N2. The summed E-state index contributed by atoms with van der Waals surface area (Å²) in [7, 11) is 0. The van der Waals surface area contributed by atoms with Crippen molar-refractivity contribution in [2.75, 3.05) is 19.6 Å². The number of rotatable bonds is 4. The lowest BCUT2D eigenvalue weighted by atomic mass is 10.1. The van der Waals surface area contributed by atoms with Crippen LogP contribution in [-0.2, 0) is 0 Å². The molecule has 15 heavy (non-hydrogen) atoms. The molecular weight excluding hydrogens is 184 g/mol. The van der Waals surface area contributed by atoms with E-state index in [1.54, 1.807) is 0 Å². The molecule has 0 aromatic carbocycles. The summed E-state index contributed by atoms with van der Waals surface area (Å²) in [6, 6.07) is 2.47. The minimum absolute atomic E-state index is 0.746. The average Bonchev–Trinajstić information content (AvgIpc) is 2.48.